The summed E-state index contributed by atoms with van der Waals surface area (Å²) in [5.41, 5.74) is 2.30. The molecule has 1 aromatic heterocycles. The fourth-order valence-electron chi connectivity index (χ4n) is 1.61. The van der Waals surface area contributed by atoms with Gasteiger partial charge in [-0.3, -0.25) is 0 Å². The average Bonchev–Trinajstić information content (AvgIpc) is 2.39. The maximum absolute atomic E-state index is 12.7. The number of nitrogens with zero attached hydrogens (tertiary/aromatic N) is 1. The van der Waals surface area contributed by atoms with Crippen LogP contribution in [0.2, 0.25) is 0 Å². The van der Waals surface area contributed by atoms with E-state index >= 15 is 0 Å². The predicted molar refractivity (Wildman–Crippen MR) is 62.1 cm³/mol. The molecule has 4 heteroatoms. The van der Waals surface area contributed by atoms with E-state index in [4.69, 9.17) is 9.84 Å². The zero-order chi connectivity index (χ0) is 12.3. The predicted octanol–water partition coefficient (Wildman–Crippen LogP) is 2.39. The van der Waals surface area contributed by atoms with Gasteiger partial charge in [-0.05, 0) is 29.8 Å². The van der Waals surface area contributed by atoms with Crippen LogP contribution in [-0.4, -0.2) is 17.2 Å². The van der Waals surface area contributed by atoms with Gasteiger partial charge in [-0.25, -0.2) is 4.98 Å². The summed E-state index contributed by atoms with van der Waals surface area (Å²) in [6, 6.07) is 8.26. The normalized spacial score (nSPS) is 10.3. The highest BCUT2D eigenvalue weighted by Crippen LogP contribution is 2.30. The van der Waals surface area contributed by atoms with Crippen molar-refractivity contribution in [3.63, 3.8) is 0 Å². The first-order chi connectivity index (χ1) is 8.24. The Kier molecular flexibility index (Phi) is 3.35. The first kappa shape index (κ1) is 11.5. The van der Waals surface area contributed by atoms with Crippen LogP contribution in [0.3, 0.4) is 0 Å². The molecule has 0 aliphatic heterocycles. The molecule has 0 amide bonds. The molecule has 3 nitrogen and oxygen atoms in total. The minimum Gasteiger partial charge on any atom is -0.496 e. The Hall–Kier alpha value is -1.94. The number of benzene rings is 1. The maximum Gasteiger partial charge on any atom is 0.212 e. The van der Waals surface area contributed by atoms with Crippen LogP contribution in [0.5, 0.6) is 5.75 Å². The van der Waals surface area contributed by atoms with Crippen LogP contribution in [-0.2, 0) is 6.61 Å². The molecule has 17 heavy (non-hydrogen) atoms. The van der Waals surface area contributed by atoms with E-state index < -0.39 is 5.95 Å². The Morgan fingerprint density at radius 3 is 2.71 bits per heavy atom. The average molecular weight is 233 g/mol. The van der Waals surface area contributed by atoms with Gasteiger partial charge in [0.05, 0.1) is 13.7 Å². The summed E-state index contributed by atoms with van der Waals surface area (Å²) in [7, 11) is 1.56. The number of aliphatic hydroxyl groups is 1. The van der Waals surface area contributed by atoms with Crippen LogP contribution in [0, 0.1) is 5.95 Å². The standard InChI is InChI=1S/C13H12FNO2/c1-17-12-4-2-9(8-16)6-11(12)10-3-5-13(14)15-7-10/h2-7,16H,8H2,1H3. The maximum atomic E-state index is 12.7. The highest BCUT2D eigenvalue weighted by Gasteiger charge is 2.07. The van der Waals surface area contributed by atoms with Crippen molar-refractivity contribution in [2.45, 2.75) is 6.61 Å². The molecule has 1 aromatic carbocycles. The lowest BCUT2D eigenvalue weighted by Crippen LogP contribution is -1.92. The molecule has 1 heterocycles. The number of rotatable bonds is 3. The van der Waals surface area contributed by atoms with E-state index in [-0.39, 0.29) is 6.61 Å². The highest BCUT2D eigenvalue weighted by molar-refractivity contribution is 5.70. The van der Waals surface area contributed by atoms with E-state index in [1.54, 1.807) is 31.4 Å². The van der Waals surface area contributed by atoms with Crippen LogP contribution in [0.1, 0.15) is 5.56 Å². The highest BCUT2D eigenvalue weighted by atomic mass is 19.1. The Morgan fingerprint density at radius 1 is 1.29 bits per heavy atom. The second-order valence-corrected chi connectivity index (χ2v) is 3.56. The van der Waals surface area contributed by atoms with Crippen LogP contribution in [0.4, 0.5) is 4.39 Å². The van der Waals surface area contributed by atoms with Gasteiger partial charge < -0.3 is 9.84 Å². The van der Waals surface area contributed by atoms with Gasteiger partial charge in [-0.2, -0.15) is 4.39 Å². The topological polar surface area (TPSA) is 42.4 Å². The Labute approximate surface area is 98.5 Å². The number of ether oxygens (including phenoxy) is 1. The van der Waals surface area contributed by atoms with Gasteiger partial charge in [0, 0.05) is 17.3 Å². The molecule has 0 saturated heterocycles. The van der Waals surface area contributed by atoms with Gasteiger partial charge >= 0.3 is 0 Å². The minimum atomic E-state index is -0.522. The molecule has 0 aliphatic rings. The van der Waals surface area contributed by atoms with Crippen molar-refractivity contribution >= 4 is 0 Å². The zero-order valence-corrected chi connectivity index (χ0v) is 9.35. The molecular formula is C13H12FNO2. The second-order valence-electron chi connectivity index (χ2n) is 3.56. The van der Waals surface area contributed by atoms with Crippen LogP contribution in [0.25, 0.3) is 11.1 Å². The first-order valence-corrected chi connectivity index (χ1v) is 5.14. The van der Waals surface area contributed by atoms with Gasteiger partial charge in [0.25, 0.3) is 0 Å². The van der Waals surface area contributed by atoms with Crippen molar-refractivity contribution in [2.24, 2.45) is 0 Å². The smallest absolute Gasteiger partial charge is 0.212 e. The van der Waals surface area contributed by atoms with Gasteiger partial charge in [-0.15, -0.1) is 0 Å². The van der Waals surface area contributed by atoms with E-state index in [0.717, 1.165) is 16.7 Å². The van der Waals surface area contributed by atoms with Crippen LogP contribution >= 0.6 is 0 Å². The minimum absolute atomic E-state index is 0.0500. The third-order valence-corrected chi connectivity index (χ3v) is 2.48. The number of pyridine rings is 1. The third kappa shape index (κ3) is 2.42. The largest absolute Gasteiger partial charge is 0.496 e. The van der Waals surface area contributed by atoms with Crippen molar-refractivity contribution in [1.29, 1.82) is 0 Å². The Morgan fingerprint density at radius 2 is 2.12 bits per heavy atom. The van der Waals surface area contributed by atoms with Crippen molar-refractivity contribution < 1.29 is 14.2 Å². The number of methoxy groups -OCH3 is 1. The van der Waals surface area contributed by atoms with Gasteiger partial charge in [-0.1, -0.05) is 6.07 Å². The molecule has 0 atom stereocenters. The molecule has 0 spiro atoms. The number of hydrogen-bond donors (Lipinski definition) is 1. The summed E-state index contributed by atoms with van der Waals surface area (Å²) in [6.45, 7) is -0.0500. The van der Waals surface area contributed by atoms with Crippen molar-refractivity contribution in [3.05, 3.63) is 48.0 Å². The lowest BCUT2D eigenvalue weighted by molar-refractivity contribution is 0.281. The SMILES string of the molecule is COc1ccc(CO)cc1-c1ccc(F)nc1. The van der Waals surface area contributed by atoms with Gasteiger partial charge in [0.1, 0.15) is 5.75 Å². The molecule has 88 valence electrons. The molecular weight excluding hydrogens is 221 g/mol. The molecule has 0 bridgehead atoms. The van der Waals surface area contributed by atoms with E-state index in [9.17, 15) is 4.39 Å². The molecule has 0 saturated carbocycles. The molecule has 2 rings (SSSR count). The van der Waals surface area contributed by atoms with E-state index in [1.165, 1.54) is 12.3 Å². The number of aromatic nitrogens is 1. The van der Waals surface area contributed by atoms with Crippen LogP contribution < -0.4 is 4.74 Å². The third-order valence-electron chi connectivity index (χ3n) is 2.48. The van der Waals surface area contributed by atoms with Crippen molar-refractivity contribution in [3.8, 4) is 16.9 Å². The molecule has 1 N–H and O–H groups in total. The molecule has 0 radical (unpaired) electrons. The molecule has 2 aromatic rings. The lowest BCUT2D eigenvalue weighted by atomic mass is 10.0. The summed E-state index contributed by atoms with van der Waals surface area (Å²) in [5.74, 6) is 0.140. The summed E-state index contributed by atoms with van der Waals surface area (Å²) in [4.78, 5) is 3.60. The summed E-state index contributed by atoms with van der Waals surface area (Å²) >= 11 is 0. The zero-order valence-electron chi connectivity index (χ0n) is 9.35. The quantitative estimate of drug-likeness (QED) is 0.828. The molecule has 0 unspecified atom stereocenters. The first-order valence-electron chi connectivity index (χ1n) is 5.14. The van der Waals surface area contributed by atoms with Crippen molar-refractivity contribution in [1.82, 2.24) is 4.98 Å². The summed E-state index contributed by atoms with van der Waals surface area (Å²) in [6.07, 6.45) is 1.44. The van der Waals surface area contributed by atoms with E-state index in [0.29, 0.717) is 5.75 Å². The molecule has 0 aliphatic carbocycles. The number of halogens is 1. The van der Waals surface area contributed by atoms with Crippen LogP contribution in [0.15, 0.2) is 36.5 Å². The van der Waals surface area contributed by atoms with E-state index in [1.807, 2.05) is 0 Å². The monoisotopic (exact) mass is 233 g/mol. The van der Waals surface area contributed by atoms with Gasteiger partial charge in [0.15, 0.2) is 0 Å². The fraction of sp³-hybridized carbons (Fsp3) is 0.154. The summed E-state index contributed by atoms with van der Waals surface area (Å²) in [5, 5.41) is 9.10. The lowest BCUT2D eigenvalue weighted by Gasteiger charge is -2.09. The van der Waals surface area contributed by atoms with E-state index in [2.05, 4.69) is 4.98 Å². The fourth-order valence-corrected chi connectivity index (χ4v) is 1.61. The number of aliphatic hydroxyl groups excluding tert-OH is 1. The Balaban J connectivity index is 2.51. The van der Waals surface area contributed by atoms with Crippen molar-refractivity contribution in [2.75, 3.05) is 7.11 Å². The second kappa shape index (κ2) is 4.93. The van der Waals surface area contributed by atoms with Gasteiger partial charge in [0.2, 0.25) is 5.95 Å². The number of hydrogen-bond acceptors (Lipinski definition) is 3. The molecule has 0 fully saturated rings. The Bertz CT molecular complexity index is 511. The summed E-state index contributed by atoms with van der Waals surface area (Å²) < 4.78 is 18.0.